The van der Waals surface area contributed by atoms with Gasteiger partial charge in [0.25, 0.3) is 0 Å². The number of rotatable bonds is 12. The molecule has 26 heavy (non-hydrogen) atoms. The molecule has 0 aromatic rings. The van der Waals surface area contributed by atoms with Gasteiger partial charge in [-0.05, 0) is 51.4 Å². The van der Waals surface area contributed by atoms with Crippen LogP contribution in [0.25, 0.3) is 0 Å². The van der Waals surface area contributed by atoms with E-state index >= 15 is 0 Å². The Morgan fingerprint density at radius 1 is 1.19 bits per heavy atom. The van der Waals surface area contributed by atoms with E-state index < -0.39 is 23.8 Å². The van der Waals surface area contributed by atoms with Gasteiger partial charge in [0.05, 0.1) is 17.8 Å². The minimum Gasteiger partial charge on any atom is -0.481 e. The molecule has 1 saturated carbocycles. The average Bonchev–Trinajstić information content (AvgIpc) is 2.82. The van der Waals surface area contributed by atoms with Crippen molar-refractivity contribution in [2.75, 3.05) is 0 Å². The summed E-state index contributed by atoms with van der Waals surface area (Å²) in [4.78, 5) is 10.5. The topological polar surface area (TPSA) is 98.0 Å². The number of aliphatic hydroxyl groups excluding tert-OH is 2. The molecule has 0 heterocycles. The van der Waals surface area contributed by atoms with Crippen molar-refractivity contribution in [1.29, 1.82) is 0 Å². The lowest BCUT2D eigenvalue weighted by Gasteiger charge is -2.22. The Balaban J connectivity index is 2.53. The summed E-state index contributed by atoms with van der Waals surface area (Å²) in [5, 5.41) is 39.4. The number of hydrogen-bond donors (Lipinski definition) is 4. The molecule has 1 rings (SSSR count). The Kier molecular flexibility index (Phi) is 9.84. The minimum absolute atomic E-state index is 0.0601. The van der Waals surface area contributed by atoms with E-state index in [0.717, 1.165) is 6.42 Å². The van der Waals surface area contributed by atoms with Gasteiger partial charge in [0.1, 0.15) is 0 Å². The minimum atomic E-state index is -0.799. The van der Waals surface area contributed by atoms with Crippen molar-refractivity contribution >= 4 is 5.97 Å². The molecule has 0 bridgehead atoms. The number of carbonyl (C=O) groups is 1. The van der Waals surface area contributed by atoms with E-state index in [1.165, 1.54) is 0 Å². The van der Waals surface area contributed by atoms with E-state index in [1.807, 2.05) is 24.3 Å². The van der Waals surface area contributed by atoms with Crippen LogP contribution in [-0.2, 0) is 4.79 Å². The Morgan fingerprint density at radius 2 is 1.92 bits per heavy atom. The Bertz CT molecular complexity index is 495. The van der Waals surface area contributed by atoms with E-state index in [0.29, 0.717) is 38.5 Å². The third-order valence-corrected chi connectivity index (χ3v) is 5.06. The highest BCUT2D eigenvalue weighted by Crippen LogP contribution is 2.36. The van der Waals surface area contributed by atoms with Gasteiger partial charge in [0.15, 0.2) is 0 Å². The molecule has 0 saturated heterocycles. The van der Waals surface area contributed by atoms with E-state index in [1.54, 1.807) is 13.0 Å². The standard InChI is InChI=1S/C21H34O5/c1-3-4-13-21(2,26)14-9-11-17-16(18(22)15-19(17)23)10-7-5-6-8-12-20(24)25/h3,5,7,9,11,16-19,22-23,26H,1,4,6,8,10,12-15H2,2H3,(H,24,25)/b7-5-,11-9+/t16-,17-,18+,19-,21?/m1/s1. The molecular weight excluding hydrogens is 332 g/mol. The van der Waals surface area contributed by atoms with Crippen LogP contribution >= 0.6 is 0 Å². The van der Waals surface area contributed by atoms with Crippen LogP contribution in [0.1, 0.15) is 58.3 Å². The van der Waals surface area contributed by atoms with Crippen LogP contribution in [0.3, 0.4) is 0 Å². The van der Waals surface area contributed by atoms with Crippen molar-refractivity contribution in [3.8, 4) is 0 Å². The molecule has 5 nitrogen and oxygen atoms in total. The van der Waals surface area contributed by atoms with E-state index in [2.05, 4.69) is 6.58 Å². The molecule has 5 atom stereocenters. The summed E-state index contributed by atoms with van der Waals surface area (Å²) in [6, 6.07) is 0. The monoisotopic (exact) mass is 366 g/mol. The normalized spacial score (nSPS) is 28.6. The first-order chi connectivity index (χ1) is 12.3. The van der Waals surface area contributed by atoms with Crippen LogP contribution in [-0.4, -0.2) is 44.2 Å². The molecule has 5 heteroatoms. The lowest BCUT2D eigenvalue weighted by molar-refractivity contribution is -0.137. The van der Waals surface area contributed by atoms with Crippen LogP contribution in [0.15, 0.2) is 37.0 Å². The van der Waals surface area contributed by atoms with Crippen molar-refractivity contribution in [3.05, 3.63) is 37.0 Å². The number of unbranched alkanes of at least 4 members (excludes halogenated alkanes) is 1. The molecule has 0 aliphatic heterocycles. The first-order valence-corrected chi connectivity index (χ1v) is 9.49. The Hall–Kier alpha value is -1.43. The number of allylic oxidation sites excluding steroid dienone is 3. The molecule has 0 aromatic carbocycles. The van der Waals surface area contributed by atoms with Crippen molar-refractivity contribution in [2.45, 2.75) is 76.1 Å². The fourth-order valence-electron chi connectivity index (χ4n) is 3.44. The van der Waals surface area contributed by atoms with Crippen LogP contribution in [0, 0.1) is 11.8 Å². The van der Waals surface area contributed by atoms with Gasteiger partial charge in [-0.3, -0.25) is 4.79 Å². The van der Waals surface area contributed by atoms with Gasteiger partial charge in [-0.15, -0.1) is 6.58 Å². The fraction of sp³-hybridized carbons (Fsp3) is 0.667. The van der Waals surface area contributed by atoms with Crippen molar-refractivity contribution in [1.82, 2.24) is 0 Å². The number of carboxylic acid groups (broad SMARTS) is 1. The zero-order valence-electron chi connectivity index (χ0n) is 15.8. The van der Waals surface area contributed by atoms with E-state index in [-0.39, 0.29) is 18.3 Å². The smallest absolute Gasteiger partial charge is 0.303 e. The van der Waals surface area contributed by atoms with Gasteiger partial charge in [-0.2, -0.15) is 0 Å². The molecule has 0 amide bonds. The zero-order chi connectivity index (χ0) is 19.6. The summed E-state index contributed by atoms with van der Waals surface area (Å²) in [6.45, 7) is 5.46. The maximum Gasteiger partial charge on any atom is 0.303 e. The summed E-state index contributed by atoms with van der Waals surface area (Å²) in [7, 11) is 0. The molecule has 1 unspecified atom stereocenters. The summed E-state index contributed by atoms with van der Waals surface area (Å²) in [5.74, 6) is -0.985. The molecule has 0 aromatic heterocycles. The molecule has 1 aliphatic rings. The van der Waals surface area contributed by atoms with Gasteiger partial charge < -0.3 is 20.4 Å². The maximum atomic E-state index is 10.5. The Labute approximate surface area is 156 Å². The predicted octanol–water partition coefficient (Wildman–Crippen LogP) is 3.21. The van der Waals surface area contributed by atoms with Crippen LogP contribution < -0.4 is 0 Å². The van der Waals surface area contributed by atoms with Gasteiger partial charge >= 0.3 is 5.97 Å². The maximum absolute atomic E-state index is 10.5. The van der Waals surface area contributed by atoms with E-state index in [9.17, 15) is 20.1 Å². The van der Waals surface area contributed by atoms with Gasteiger partial charge in [0, 0.05) is 18.8 Å². The summed E-state index contributed by atoms with van der Waals surface area (Å²) in [6.07, 6.45) is 12.7. The highest BCUT2D eigenvalue weighted by atomic mass is 16.4. The first kappa shape index (κ1) is 22.6. The largest absolute Gasteiger partial charge is 0.481 e. The second-order valence-electron chi connectivity index (χ2n) is 7.56. The third-order valence-electron chi connectivity index (χ3n) is 5.06. The molecule has 1 fully saturated rings. The molecule has 1 aliphatic carbocycles. The number of aliphatic hydroxyl groups is 3. The summed E-state index contributed by atoms with van der Waals surface area (Å²) < 4.78 is 0. The zero-order valence-corrected chi connectivity index (χ0v) is 15.8. The SMILES string of the molecule is C=CCCC(C)(O)C/C=C/[C@@H]1[C@@H](C/C=C\CCCC(=O)O)[C@@H](O)C[C@H]1O. The second-order valence-corrected chi connectivity index (χ2v) is 7.56. The van der Waals surface area contributed by atoms with Gasteiger partial charge in [-0.1, -0.05) is 30.4 Å². The highest BCUT2D eigenvalue weighted by molar-refractivity contribution is 5.66. The summed E-state index contributed by atoms with van der Waals surface area (Å²) in [5.41, 5.74) is -0.799. The summed E-state index contributed by atoms with van der Waals surface area (Å²) >= 11 is 0. The molecule has 148 valence electrons. The lowest BCUT2D eigenvalue weighted by Crippen LogP contribution is -2.23. The molecule has 4 N–H and O–H groups in total. The number of aliphatic carboxylic acids is 1. The van der Waals surface area contributed by atoms with Crippen molar-refractivity contribution in [3.63, 3.8) is 0 Å². The van der Waals surface area contributed by atoms with Crippen LogP contribution in [0.5, 0.6) is 0 Å². The van der Waals surface area contributed by atoms with Crippen LogP contribution in [0.2, 0.25) is 0 Å². The lowest BCUT2D eigenvalue weighted by atomic mass is 9.88. The quantitative estimate of drug-likeness (QED) is 0.314. The molecule has 0 radical (unpaired) electrons. The fourth-order valence-corrected chi connectivity index (χ4v) is 3.44. The molecular formula is C21H34O5. The average molecular weight is 366 g/mol. The van der Waals surface area contributed by atoms with Crippen molar-refractivity contribution in [2.24, 2.45) is 11.8 Å². The first-order valence-electron chi connectivity index (χ1n) is 9.49. The van der Waals surface area contributed by atoms with Gasteiger partial charge in [-0.25, -0.2) is 0 Å². The molecule has 0 spiro atoms. The van der Waals surface area contributed by atoms with Crippen LogP contribution in [0.4, 0.5) is 0 Å². The third kappa shape index (κ3) is 8.30. The number of hydrogen-bond acceptors (Lipinski definition) is 4. The predicted molar refractivity (Wildman–Crippen MR) is 103 cm³/mol. The van der Waals surface area contributed by atoms with Gasteiger partial charge in [0.2, 0.25) is 0 Å². The number of carboxylic acids is 1. The second kappa shape index (κ2) is 11.3. The van der Waals surface area contributed by atoms with E-state index in [4.69, 9.17) is 5.11 Å². The van der Waals surface area contributed by atoms with Crippen molar-refractivity contribution < 1.29 is 25.2 Å². The Morgan fingerprint density at radius 3 is 2.58 bits per heavy atom. The highest BCUT2D eigenvalue weighted by Gasteiger charge is 2.39.